The summed E-state index contributed by atoms with van der Waals surface area (Å²) >= 11 is 6.00. The zero-order valence-corrected chi connectivity index (χ0v) is 18.4. The predicted octanol–water partition coefficient (Wildman–Crippen LogP) is 4.05. The monoisotopic (exact) mass is 468 g/mol. The summed E-state index contributed by atoms with van der Waals surface area (Å²) in [4.78, 5) is 36.0. The summed E-state index contributed by atoms with van der Waals surface area (Å²) in [6, 6.07) is 20.4. The van der Waals surface area contributed by atoms with Gasteiger partial charge in [-0.15, -0.1) is 0 Å². The van der Waals surface area contributed by atoms with E-state index < -0.39 is 24.4 Å². The minimum atomic E-state index is -0.754. The van der Waals surface area contributed by atoms with E-state index in [0.717, 1.165) is 0 Å². The van der Waals surface area contributed by atoms with Crippen molar-refractivity contribution in [1.29, 1.82) is 0 Å². The van der Waals surface area contributed by atoms with Crippen molar-refractivity contribution in [2.45, 2.75) is 0 Å². The molecule has 3 rings (SSSR count). The van der Waals surface area contributed by atoms with Gasteiger partial charge in [0.25, 0.3) is 11.8 Å². The quantitative estimate of drug-likeness (QED) is 0.459. The van der Waals surface area contributed by atoms with Crippen molar-refractivity contribution in [2.75, 3.05) is 25.6 Å². The van der Waals surface area contributed by atoms with Crippen LogP contribution in [0.25, 0.3) is 0 Å². The summed E-state index contributed by atoms with van der Waals surface area (Å²) in [5, 5.41) is 5.32. The fourth-order valence-electron chi connectivity index (χ4n) is 2.69. The molecule has 3 aromatic carbocycles. The summed E-state index contributed by atoms with van der Waals surface area (Å²) in [6.07, 6.45) is 0. The second-order valence-electron chi connectivity index (χ2n) is 6.68. The molecule has 170 valence electrons. The van der Waals surface area contributed by atoms with Gasteiger partial charge in [-0.2, -0.15) is 0 Å². The molecule has 0 unspecified atom stereocenters. The largest absolute Gasteiger partial charge is 0.495 e. The van der Waals surface area contributed by atoms with Crippen LogP contribution in [0.3, 0.4) is 0 Å². The maximum atomic E-state index is 12.2. The number of nitrogens with one attached hydrogen (secondary N) is 2. The molecule has 0 atom stereocenters. The van der Waals surface area contributed by atoms with Crippen LogP contribution >= 0.6 is 11.6 Å². The number of hydrogen-bond donors (Lipinski definition) is 2. The maximum Gasteiger partial charge on any atom is 0.325 e. The fraction of sp³-hybridized carbons (Fsp3) is 0.125. The van der Waals surface area contributed by atoms with E-state index in [1.54, 1.807) is 36.4 Å². The van der Waals surface area contributed by atoms with Gasteiger partial charge in [0, 0.05) is 11.3 Å². The zero-order chi connectivity index (χ0) is 23.6. The normalized spacial score (nSPS) is 10.1. The molecule has 0 aliphatic rings. The highest BCUT2D eigenvalue weighted by molar-refractivity contribution is 6.32. The Kier molecular flexibility index (Phi) is 8.26. The molecule has 0 saturated carbocycles. The van der Waals surface area contributed by atoms with Crippen LogP contribution in [0.4, 0.5) is 5.69 Å². The fourth-order valence-corrected chi connectivity index (χ4v) is 2.95. The van der Waals surface area contributed by atoms with E-state index in [2.05, 4.69) is 10.6 Å². The van der Waals surface area contributed by atoms with Gasteiger partial charge in [-0.25, -0.2) is 0 Å². The van der Waals surface area contributed by atoms with Crippen LogP contribution in [0, 0.1) is 0 Å². The number of rotatable bonds is 9. The Bertz CT molecular complexity index is 1120. The molecule has 3 aromatic rings. The van der Waals surface area contributed by atoms with Gasteiger partial charge in [0.1, 0.15) is 23.8 Å². The summed E-state index contributed by atoms with van der Waals surface area (Å²) < 4.78 is 15.6. The van der Waals surface area contributed by atoms with Crippen molar-refractivity contribution in [3.05, 3.63) is 83.4 Å². The molecule has 8 nitrogen and oxygen atoms in total. The first-order chi connectivity index (χ1) is 15.9. The number of ether oxygens (including phenoxy) is 3. The number of hydrogen-bond acceptors (Lipinski definition) is 6. The van der Waals surface area contributed by atoms with E-state index in [1.165, 1.54) is 13.2 Å². The predicted molar refractivity (Wildman–Crippen MR) is 123 cm³/mol. The summed E-state index contributed by atoms with van der Waals surface area (Å²) in [7, 11) is 1.48. The van der Waals surface area contributed by atoms with Gasteiger partial charge in [0.15, 0.2) is 6.61 Å². The van der Waals surface area contributed by atoms with E-state index >= 15 is 0 Å². The van der Waals surface area contributed by atoms with Crippen molar-refractivity contribution in [1.82, 2.24) is 5.32 Å². The summed E-state index contributed by atoms with van der Waals surface area (Å²) in [5.74, 6) is -0.0520. The van der Waals surface area contributed by atoms with Crippen molar-refractivity contribution in [3.8, 4) is 17.2 Å². The van der Waals surface area contributed by atoms with Crippen molar-refractivity contribution in [3.63, 3.8) is 0 Å². The molecule has 2 amide bonds. The van der Waals surface area contributed by atoms with E-state index in [9.17, 15) is 14.4 Å². The molecule has 0 spiro atoms. The second kappa shape index (κ2) is 11.5. The molecule has 2 N–H and O–H groups in total. The lowest BCUT2D eigenvalue weighted by molar-refractivity contribution is -0.146. The van der Waals surface area contributed by atoms with Gasteiger partial charge in [0.05, 0.1) is 12.1 Å². The SMILES string of the molecule is COc1ccc(NC(=O)COC(=O)CNC(=O)c2ccc(Oc3ccccc3)cc2)cc1Cl. The highest BCUT2D eigenvalue weighted by Gasteiger charge is 2.12. The molecule has 0 aromatic heterocycles. The van der Waals surface area contributed by atoms with E-state index in [4.69, 9.17) is 25.8 Å². The van der Waals surface area contributed by atoms with Gasteiger partial charge in [-0.05, 0) is 54.6 Å². The minimum absolute atomic E-state index is 0.328. The first-order valence-corrected chi connectivity index (χ1v) is 10.2. The van der Waals surface area contributed by atoms with Crippen LogP contribution in [-0.4, -0.2) is 38.0 Å². The van der Waals surface area contributed by atoms with Gasteiger partial charge >= 0.3 is 5.97 Å². The first kappa shape index (κ1) is 23.6. The zero-order valence-electron chi connectivity index (χ0n) is 17.7. The lowest BCUT2D eigenvalue weighted by Crippen LogP contribution is -2.32. The third kappa shape index (κ3) is 7.26. The van der Waals surface area contributed by atoms with Crippen LogP contribution < -0.4 is 20.1 Å². The van der Waals surface area contributed by atoms with Gasteiger partial charge in [0.2, 0.25) is 0 Å². The Labute approximate surface area is 195 Å². The molecule has 0 radical (unpaired) electrons. The molecular formula is C24H21ClN2O6. The first-order valence-electron chi connectivity index (χ1n) is 9.85. The van der Waals surface area contributed by atoms with E-state index in [0.29, 0.717) is 33.5 Å². The molecule has 9 heteroatoms. The number of benzene rings is 3. The number of amides is 2. The van der Waals surface area contributed by atoms with Crippen molar-refractivity contribution in [2.24, 2.45) is 0 Å². The molecule has 0 aliphatic carbocycles. The second-order valence-corrected chi connectivity index (χ2v) is 7.09. The van der Waals surface area contributed by atoms with Crippen molar-refractivity contribution < 1.29 is 28.6 Å². The Morgan fingerprint density at radius 3 is 2.27 bits per heavy atom. The van der Waals surface area contributed by atoms with Gasteiger partial charge in [-0.1, -0.05) is 29.8 Å². The van der Waals surface area contributed by atoms with Gasteiger partial charge in [-0.3, -0.25) is 14.4 Å². The summed E-state index contributed by atoms with van der Waals surface area (Å²) in [5.41, 5.74) is 0.771. The van der Waals surface area contributed by atoms with E-state index in [1.807, 2.05) is 30.3 Å². The van der Waals surface area contributed by atoms with Crippen LogP contribution in [0.2, 0.25) is 5.02 Å². The lowest BCUT2D eigenvalue weighted by Gasteiger charge is -2.09. The average Bonchev–Trinajstić information content (AvgIpc) is 2.82. The number of para-hydroxylation sites is 1. The standard InChI is InChI=1S/C24H21ClN2O6/c1-31-21-12-9-17(13-20(21)25)27-22(28)15-32-23(29)14-26-24(30)16-7-10-19(11-8-16)33-18-5-3-2-4-6-18/h2-13H,14-15H2,1H3,(H,26,30)(H,27,28). The third-order valence-electron chi connectivity index (χ3n) is 4.29. The molecule has 0 aliphatic heterocycles. The van der Waals surface area contributed by atoms with E-state index in [-0.39, 0.29) is 6.54 Å². The Hall–Kier alpha value is -4.04. The molecule has 0 bridgehead atoms. The van der Waals surface area contributed by atoms with Gasteiger partial charge < -0.3 is 24.8 Å². The Morgan fingerprint density at radius 1 is 0.909 bits per heavy atom. The smallest absolute Gasteiger partial charge is 0.325 e. The highest BCUT2D eigenvalue weighted by Crippen LogP contribution is 2.27. The molecule has 0 fully saturated rings. The average molecular weight is 469 g/mol. The number of esters is 1. The lowest BCUT2D eigenvalue weighted by atomic mass is 10.2. The van der Waals surface area contributed by atoms with Crippen LogP contribution in [0.5, 0.6) is 17.2 Å². The number of methoxy groups -OCH3 is 1. The topological polar surface area (TPSA) is 103 Å². The van der Waals surface area contributed by atoms with Crippen LogP contribution in [0.1, 0.15) is 10.4 Å². The number of halogens is 1. The molecule has 0 heterocycles. The molecule has 33 heavy (non-hydrogen) atoms. The maximum absolute atomic E-state index is 12.2. The van der Waals surface area contributed by atoms with Crippen LogP contribution in [0.15, 0.2) is 72.8 Å². The highest BCUT2D eigenvalue weighted by atomic mass is 35.5. The minimum Gasteiger partial charge on any atom is -0.495 e. The Balaban J connectivity index is 1.40. The summed E-state index contributed by atoms with van der Waals surface area (Å²) in [6.45, 7) is -0.896. The van der Waals surface area contributed by atoms with Crippen LogP contribution in [-0.2, 0) is 14.3 Å². The number of anilines is 1. The molecule has 0 saturated heterocycles. The van der Waals surface area contributed by atoms with Crippen molar-refractivity contribution >= 4 is 35.1 Å². The Morgan fingerprint density at radius 2 is 1.61 bits per heavy atom. The molecular weight excluding hydrogens is 448 g/mol. The number of carbonyl (C=O) groups is 3. The number of carbonyl (C=O) groups excluding carboxylic acids is 3. The third-order valence-corrected chi connectivity index (χ3v) is 4.58.